The van der Waals surface area contributed by atoms with Crippen LogP contribution in [-0.4, -0.2) is 50.7 Å². The van der Waals surface area contributed by atoms with E-state index in [1.807, 2.05) is 6.92 Å². The molecule has 2 N–H and O–H groups in total. The van der Waals surface area contributed by atoms with Crippen LogP contribution in [0.2, 0.25) is 0 Å². The fourth-order valence-corrected chi connectivity index (χ4v) is 4.84. The summed E-state index contributed by atoms with van der Waals surface area (Å²) >= 11 is 0. The Bertz CT molecular complexity index is 804. The van der Waals surface area contributed by atoms with Gasteiger partial charge in [0.15, 0.2) is 6.10 Å². The van der Waals surface area contributed by atoms with Crippen molar-refractivity contribution >= 4 is 17.8 Å². The minimum Gasteiger partial charge on any atom is -0.497 e. The zero-order valence-corrected chi connectivity index (χ0v) is 18.6. The summed E-state index contributed by atoms with van der Waals surface area (Å²) in [5.41, 5.74) is 0.287. The third-order valence-electron chi connectivity index (χ3n) is 6.49. The van der Waals surface area contributed by atoms with Gasteiger partial charge < -0.3 is 24.8 Å². The van der Waals surface area contributed by atoms with Crippen molar-refractivity contribution in [3.63, 3.8) is 0 Å². The lowest BCUT2D eigenvalue weighted by Crippen LogP contribution is -2.45. The van der Waals surface area contributed by atoms with Gasteiger partial charge in [-0.2, -0.15) is 0 Å². The number of methoxy groups -OCH3 is 2. The number of hydrogen-bond donors (Lipinski definition) is 2. The van der Waals surface area contributed by atoms with Crippen LogP contribution in [0.5, 0.6) is 11.5 Å². The highest BCUT2D eigenvalue weighted by Crippen LogP contribution is 2.49. The van der Waals surface area contributed by atoms with Crippen molar-refractivity contribution < 1.29 is 28.6 Å². The van der Waals surface area contributed by atoms with Crippen molar-refractivity contribution in [1.82, 2.24) is 10.6 Å². The molecule has 0 heterocycles. The maximum Gasteiger partial charge on any atom is 0.326 e. The molecule has 0 spiro atoms. The summed E-state index contributed by atoms with van der Waals surface area (Å²) < 4.78 is 15.5. The van der Waals surface area contributed by atoms with Crippen molar-refractivity contribution in [2.45, 2.75) is 51.7 Å². The first-order valence-corrected chi connectivity index (χ1v) is 10.8. The number of esters is 1. The molecule has 170 valence electrons. The van der Waals surface area contributed by atoms with Gasteiger partial charge in [0, 0.05) is 17.7 Å². The van der Waals surface area contributed by atoms with Crippen LogP contribution in [0.4, 0.5) is 0 Å². The van der Waals surface area contributed by atoms with Crippen LogP contribution in [0.15, 0.2) is 18.2 Å². The maximum absolute atomic E-state index is 12.4. The first-order valence-electron chi connectivity index (χ1n) is 10.8. The Hall–Kier alpha value is -2.77. The molecule has 0 aliphatic heterocycles. The van der Waals surface area contributed by atoms with Crippen LogP contribution >= 0.6 is 0 Å². The quantitative estimate of drug-likeness (QED) is 0.581. The number of hydrogen-bond acceptors (Lipinski definition) is 6. The molecular weight excluding hydrogens is 400 g/mol. The first-order chi connectivity index (χ1) is 14.8. The zero-order chi connectivity index (χ0) is 22.5. The van der Waals surface area contributed by atoms with E-state index in [1.54, 1.807) is 6.07 Å². The normalized spacial score (nSPS) is 23.5. The molecule has 0 aromatic heterocycles. The maximum atomic E-state index is 12.4. The number of benzene rings is 1. The number of amides is 2. The van der Waals surface area contributed by atoms with Gasteiger partial charge in [0.05, 0.1) is 14.2 Å². The van der Waals surface area contributed by atoms with Gasteiger partial charge in [0.1, 0.15) is 18.0 Å². The lowest BCUT2D eigenvalue weighted by atomic mass is 9.84. The molecule has 8 nitrogen and oxygen atoms in total. The number of rotatable bonds is 9. The van der Waals surface area contributed by atoms with E-state index in [4.69, 9.17) is 14.2 Å². The summed E-state index contributed by atoms with van der Waals surface area (Å²) in [6.45, 7) is 3.22. The van der Waals surface area contributed by atoms with Crippen LogP contribution in [0.1, 0.15) is 49.9 Å². The largest absolute Gasteiger partial charge is 0.497 e. The Kier molecular flexibility index (Phi) is 7.41. The number of carbonyl (C=O) groups is 3. The molecule has 3 rings (SSSR count). The molecule has 2 aliphatic carbocycles. The van der Waals surface area contributed by atoms with Gasteiger partial charge in [-0.1, -0.05) is 6.42 Å². The summed E-state index contributed by atoms with van der Waals surface area (Å²) in [5.74, 6) is 1.46. The van der Waals surface area contributed by atoms with Crippen molar-refractivity contribution in [3.8, 4) is 11.5 Å². The van der Waals surface area contributed by atoms with Crippen molar-refractivity contribution in [2.75, 3.05) is 20.8 Å². The van der Waals surface area contributed by atoms with E-state index in [1.165, 1.54) is 59.0 Å². The second-order valence-electron chi connectivity index (χ2n) is 8.55. The summed E-state index contributed by atoms with van der Waals surface area (Å²) in [7, 11) is 2.97. The molecule has 2 fully saturated rings. The number of nitrogens with one attached hydrogen (secondary N) is 2. The summed E-state index contributed by atoms with van der Waals surface area (Å²) in [5, 5.41) is 5.49. The summed E-state index contributed by atoms with van der Waals surface area (Å²) in [6, 6.07) is 4.78. The van der Waals surface area contributed by atoms with Crippen molar-refractivity contribution in [2.24, 2.45) is 17.8 Å². The van der Waals surface area contributed by atoms with Gasteiger partial charge in [-0.25, -0.2) is 0 Å². The van der Waals surface area contributed by atoms with Gasteiger partial charge in [-0.05, 0) is 63.0 Å². The minimum absolute atomic E-state index is 0.0618. The van der Waals surface area contributed by atoms with E-state index in [0.29, 0.717) is 23.3 Å². The molecular formula is C23H32N2O6. The zero-order valence-electron chi connectivity index (χ0n) is 18.6. The van der Waals surface area contributed by atoms with E-state index < -0.39 is 18.0 Å². The minimum atomic E-state index is -0.928. The molecule has 0 radical (unpaired) electrons. The second-order valence-corrected chi connectivity index (χ2v) is 8.55. The molecule has 8 heteroatoms. The Morgan fingerprint density at radius 1 is 1.03 bits per heavy atom. The molecule has 31 heavy (non-hydrogen) atoms. The summed E-state index contributed by atoms with van der Waals surface area (Å²) in [6.07, 6.45) is 4.07. The Balaban J connectivity index is 1.44. The van der Waals surface area contributed by atoms with Crippen LogP contribution in [0.25, 0.3) is 0 Å². The van der Waals surface area contributed by atoms with E-state index >= 15 is 0 Å². The monoisotopic (exact) mass is 432 g/mol. The highest BCUT2D eigenvalue weighted by atomic mass is 16.5. The van der Waals surface area contributed by atoms with Gasteiger partial charge in [-0.3, -0.25) is 14.4 Å². The van der Waals surface area contributed by atoms with Crippen molar-refractivity contribution in [1.29, 1.82) is 0 Å². The summed E-state index contributed by atoms with van der Waals surface area (Å²) in [4.78, 5) is 36.9. The predicted molar refractivity (Wildman–Crippen MR) is 114 cm³/mol. The molecule has 1 aromatic rings. The Labute approximate surface area is 183 Å². The molecule has 2 aliphatic rings. The van der Waals surface area contributed by atoms with Gasteiger partial charge >= 0.3 is 5.97 Å². The van der Waals surface area contributed by atoms with E-state index in [-0.39, 0.29) is 24.1 Å². The van der Waals surface area contributed by atoms with Crippen LogP contribution in [0.3, 0.4) is 0 Å². The van der Waals surface area contributed by atoms with Crippen LogP contribution < -0.4 is 20.1 Å². The molecule has 2 amide bonds. The van der Waals surface area contributed by atoms with E-state index in [2.05, 4.69) is 10.6 Å². The average molecular weight is 433 g/mol. The molecule has 1 aromatic carbocycles. The predicted octanol–water partition coefficient (Wildman–Crippen LogP) is 2.31. The molecule has 2 saturated carbocycles. The SMILES string of the molecule is COc1cc(OC)cc(C(=O)NCC(=O)O[C@H](C)C(=O)N[C@H](C)[C@@H]2C[C@@H]3CC[C@@H]2C3)c1. The molecule has 0 unspecified atom stereocenters. The Morgan fingerprint density at radius 2 is 1.71 bits per heavy atom. The van der Waals surface area contributed by atoms with E-state index in [9.17, 15) is 14.4 Å². The van der Waals surface area contributed by atoms with Gasteiger partial charge in [0.25, 0.3) is 11.8 Å². The van der Waals surface area contributed by atoms with Crippen molar-refractivity contribution in [3.05, 3.63) is 23.8 Å². The van der Waals surface area contributed by atoms with Gasteiger partial charge in [-0.15, -0.1) is 0 Å². The third-order valence-corrected chi connectivity index (χ3v) is 6.49. The molecule has 0 saturated heterocycles. The first kappa shape index (κ1) is 22.9. The standard InChI is InChI=1S/C23H32N2O6/c1-13(20-8-15-5-6-16(20)7-15)25-22(27)14(2)31-21(26)12-24-23(28)17-9-18(29-3)11-19(10-17)30-4/h9-11,13-16,20H,5-8,12H2,1-4H3,(H,24,28)(H,25,27)/t13-,14-,15-,16-,20+/m1/s1. The number of carbonyl (C=O) groups excluding carboxylic acids is 3. The topological polar surface area (TPSA) is 103 Å². The lowest BCUT2D eigenvalue weighted by molar-refractivity contribution is -0.154. The highest BCUT2D eigenvalue weighted by Gasteiger charge is 2.42. The number of fused-ring (bicyclic) bond motifs is 2. The Morgan fingerprint density at radius 3 is 2.26 bits per heavy atom. The fraction of sp³-hybridized carbons (Fsp3) is 0.609. The lowest BCUT2D eigenvalue weighted by Gasteiger charge is -2.29. The van der Waals surface area contributed by atoms with Crippen LogP contribution in [-0.2, 0) is 14.3 Å². The number of ether oxygens (including phenoxy) is 3. The molecule has 2 bridgehead atoms. The smallest absolute Gasteiger partial charge is 0.326 e. The van der Waals surface area contributed by atoms with E-state index in [0.717, 1.165) is 5.92 Å². The third kappa shape index (κ3) is 5.68. The second kappa shape index (κ2) is 10.0. The molecule has 5 atom stereocenters. The van der Waals surface area contributed by atoms with Crippen LogP contribution in [0, 0.1) is 17.8 Å². The highest BCUT2D eigenvalue weighted by molar-refractivity contribution is 5.97. The van der Waals surface area contributed by atoms with Gasteiger partial charge in [0.2, 0.25) is 0 Å². The fourth-order valence-electron chi connectivity index (χ4n) is 4.84. The average Bonchev–Trinajstić information content (AvgIpc) is 3.40.